The summed E-state index contributed by atoms with van der Waals surface area (Å²) in [7, 11) is 0. The van der Waals surface area contributed by atoms with E-state index in [4.69, 9.17) is 5.26 Å². The van der Waals surface area contributed by atoms with Crippen molar-refractivity contribution in [2.45, 2.75) is 6.42 Å². The first-order valence-electron chi connectivity index (χ1n) is 9.25. The molecular weight excluding hydrogens is 324 g/mol. The smallest absolute Gasteiger partial charge is 0.129 e. The zero-order valence-corrected chi connectivity index (χ0v) is 14.9. The predicted octanol–water partition coefficient (Wildman–Crippen LogP) is 2.35. The van der Waals surface area contributed by atoms with Gasteiger partial charge in [0.1, 0.15) is 5.82 Å². The van der Waals surface area contributed by atoms with Crippen LogP contribution in [0.4, 0.5) is 17.2 Å². The third kappa shape index (κ3) is 3.58. The molecular formula is C20H24N6. The summed E-state index contributed by atoms with van der Waals surface area (Å²) >= 11 is 0. The number of nitrogens with one attached hydrogen (secondary N) is 1. The summed E-state index contributed by atoms with van der Waals surface area (Å²) in [5, 5.41) is 12.5. The van der Waals surface area contributed by atoms with Gasteiger partial charge in [0.15, 0.2) is 0 Å². The van der Waals surface area contributed by atoms with Crippen LogP contribution in [0.25, 0.3) is 0 Å². The van der Waals surface area contributed by atoms with Crippen molar-refractivity contribution in [1.29, 1.82) is 5.26 Å². The number of piperazine rings is 1. The molecule has 134 valence electrons. The lowest BCUT2D eigenvalue weighted by molar-refractivity contribution is 0.255. The van der Waals surface area contributed by atoms with Crippen LogP contribution in [0.3, 0.4) is 0 Å². The Kier molecular flexibility index (Phi) is 4.89. The number of hydrogen-bond donors (Lipinski definition) is 1. The predicted molar refractivity (Wildman–Crippen MR) is 104 cm³/mol. The van der Waals surface area contributed by atoms with Gasteiger partial charge < -0.3 is 15.1 Å². The fraction of sp³-hybridized carbons (Fsp3) is 0.400. The number of nitriles is 1. The molecule has 2 aliphatic heterocycles. The third-order valence-corrected chi connectivity index (χ3v) is 5.18. The molecule has 2 aliphatic rings. The van der Waals surface area contributed by atoms with Crippen LogP contribution in [0.2, 0.25) is 0 Å². The van der Waals surface area contributed by atoms with Crippen molar-refractivity contribution in [2.75, 3.05) is 61.1 Å². The zero-order chi connectivity index (χ0) is 17.8. The van der Waals surface area contributed by atoms with Gasteiger partial charge in [-0.25, -0.2) is 4.98 Å². The van der Waals surface area contributed by atoms with Gasteiger partial charge in [-0.15, -0.1) is 0 Å². The normalized spacial score (nSPS) is 16.9. The van der Waals surface area contributed by atoms with Gasteiger partial charge in [-0.05, 0) is 37.2 Å². The second-order valence-electron chi connectivity index (χ2n) is 6.81. The minimum atomic E-state index is 0.678. The van der Waals surface area contributed by atoms with Gasteiger partial charge in [0.2, 0.25) is 0 Å². The van der Waals surface area contributed by atoms with E-state index in [2.05, 4.69) is 55.3 Å². The Morgan fingerprint density at radius 3 is 2.77 bits per heavy atom. The molecule has 0 saturated carbocycles. The third-order valence-electron chi connectivity index (χ3n) is 5.18. The minimum absolute atomic E-state index is 0.678. The minimum Gasteiger partial charge on any atom is -0.366 e. The quantitative estimate of drug-likeness (QED) is 0.895. The monoisotopic (exact) mass is 348 g/mol. The van der Waals surface area contributed by atoms with Gasteiger partial charge >= 0.3 is 0 Å². The highest BCUT2D eigenvalue weighted by Gasteiger charge is 2.20. The van der Waals surface area contributed by atoms with Crippen molar-refractivity contribution in [3.63, 3.8) is 0 Å². The Balaban J connectivity index is 1.23. The van der Waals surface area contributed by atoms with E-state index in [9.17, 15) is 0 Å². The van der Waals surface area contributed by atoms with E-state index in [0.29, 0.717) is 5.56 Å². The van der Waals surface area contributed by atoms with Gasteiger partial charge in [0, 0.05) is 38.9 Å². The first kappa shape index (κ1) is 16.7. The number of anilines is 3. The molecule has 0 amide bonds. The summed E-state index contributed by atoms with van der Waals surface area (Å²) in [5.41, 5.74) is 3.24. The van der Waals surface area contributed by atoms with Crippen LogP contribution >= 0.6 is 0 Å². The zero-order valence-electron chi connectivity index (χ0n) is 14.9. The summed E-state index contributed by atoms with van der Waals surface area (Å²) in [6.45, 7) is 7.15. The summed E-state index contributed by atoms with van der Waals surface area (Å²) in [4.78, 5) is 11.6. The summed E-state index contributed by atoms with van der Waals surface area (Å²) in [6, 6.07) is 14.3. The molecule has 6 heteroatoms. The van der Waals surface area contributed by atoms with E-state index < -0.39 is 0 Å². The average molecular weight is 348 g/mol. The number of para-hydroxylation sites is 2. The van der Waals surface area contributed by atoms with Crippen molar-refractivity contribution in [3.8, 4) is 6.07 Å². The van der Waals surface area contributed by atoms with E-state index in [1.54, 1.807) is 12.3 Å². The highest BCUT2D eigenvalue weighted by atomic mass is 15.3. The van der Waals surface area contributed by atoms with E-state index >= 15 is 0 Å². The van der Waals surface area contributed by atoms with E-state index in [-0.39, 0.29) is 0 Å². The number of pyridine rings is 1. The molecule has 3 heterocycles. The molecule has 1 N–H and O–H groups in total. The lowest BCUT2D eigenvalue weighted by atomic mass is 10.2. The van der Waals surface area contributed by atoms with Crippen molar-refractivity contribution in [3.05, 3.63) is 48.2 Å². The van der Waals surface area contributed by atoms with Crippen LogP contribution in [0, 0.1) is 11.3 Å². The lowest BCUT2D eigenvalue weighted by Crippen LogP contribution is -2.47. The molecule has 2 aromatic rings. The largest absolute Gasteiger partial charge is 0.366 e. The van der Waals surface area contributed by atoms with E-state index in [0.717, 1.165) is 58.2 Å². The molecule has 1 saturated heterocycles. The van der Waals surface area contributed by atoms with E-state index in [1.807, 2.05) is 6.07 Å². The number of aromatic nitrogens is 1. The first-order chi connectivity index (χ1) is 12.8. The molecule has 0 aliphatic carbocycles. The Labute approximate surface area is 154 Å². The number of fused-ring (bicyclic) bond motifs is 1. The summed E-state index contributed by atoms with van der Waals surface area (Å²) in [5.74, 6) is 0.920. The van der Waals surface area contributed by atoms with Crippen molar-refractivity contribution in [2.24, 2.45) is 0 Å². The van der Waals surface area contributed by atoms with Crippen LogP contribution in [-0.4, -0.2) is 55.8 Å². The SMILES string of the molecule is N#Cc1ccnc(N2CCN(CCCN3CNc4ccccc43)CC2)c1. The second-order valence-corrected chi connectivity index (χ2v) is 6.81. The lowest BCUT2D eigenvalue weighted by Gasteiger charge is -2.35. The standard InChI is InChI=1S/C20H24N6/c21-15-17-6-7-22-20(14-17)25-12-10-24(11-13-25)8-3-9-26-16-23-18-4-1-2-5-19(18)26/h1-2,4-7,14,23H,3,8-13,16H2. The van der Waals surface area contributed by atoms with Crippen molar-refractivity contribution < 1.29 is 0 Å². The molecule has 26 heavy (non-hydrogen) atoms. The van der Waals surface area contributed by atoms with Crippen LogP contribution in [-0.2, 0) is 0 Å². The Morgan fingerprint density at radius 2 is 1.92 bits per heavy atom. The van der Waals surface area contributed by atoms with Crippen LogP contribution in [0.15, 0.2) is 42.6 Å². The average Bonchev–Trinajstić information content (AvgIpc) is 3.12. The number of hydrogen-bond acceptors (Lipinski definition) is 6. The topological polar surface area (TPSA) is 58.4 Å². The molecule has 0 bridgehead atoms. The fourth-order valence-electron chi connectivity index (χ4n) is 3.71. The fourth-order valence-corrected chi connectivity index (χ4v) is 3.71. The van der Waals surface area contributed by atoms with Gasteiger partial charge in [-0.1, -0.05) is 12.1 Å². The first-order valence-corrected chi connectivity index (χ1v) is 9.25. The van der Waals surface area contributed by atoms with Crippen LogP contribution in [0.1, 0.15) is 12.0 Å². The van der Waals surface area contributed by atoms with Gasteiger partial charge in [-0.2, -0.15) is 5.26 Å². The highest BCUT2D eigenvalue weighted by molar-refractivity contribution is 5.74. The number of benzene rings is 1. The Hall–Kier alpha value is -2.78. The molecule has 0 atom stereocenters. The van der Waals surface area contributed by atoms with Gasteiger partial charge in [0.25, 0.3) is 0 Å². The Morgan fingerprint density at radius 1 is 1.08 bits per heavy atom. The maximum absolute atomic E-state index is 9.04. The molecule has 1 aromatic carbocycles. The summed E-state index contributed by atoms with van der Waals surface area (Å²) in [6.07, 6.45) is 2.89. The second kappa shape index (κ2) is 7.63. The number of nitrogens with zero attached hydrogens (tertiary/aromatic N) is 5. The number of rotatable bonds is 5. The Bertz CT molecular complexity index is 791. The van der Waals surface area contributed by atoms with E-state index in [1.165, 1.54) is 11.4 Å². The van der Waals surface area contributed by atoms with Crippen molar-refractivity contribution in [1.82, 2.24) is 9.88 Å². The van der Waals surface area contributed by atoms with Gasteiger partial charge in [0.05, 0.1) is 29.7 Å². The molecule has 6 nitrogen and oxygen atoms in total. The maximum Gasteiger partial charge on any atom is 0.129 e. The molecule has 0 unspecified atom stereocenters. The summed E-state index contributed by atoms with van der Waals surface area (Å²) < 4.78 is 0. The molecule has 1 fully saturated rings. The van der Waals surface area contributed by atoms with Gasteiger partial charge in [-0.3, -0.25) is 4.90 Å². The molecule has 4 rings (SSSR count). The molecule has 0 spiro atoms. The molecule has 1 aromatic heterocycles. The highest BCUT2D eigenvalue weighted by Crippen LogP contribution is 2.30. The van der Waals surface area contributed by atoms with Crippen molar-refractivity contribution >= 4 is 17.2 Å². The maximum atomic E-state index is 9.04. The van der Waals surface area contributed by atoms with Crippen LogP contribution < -0.4 is 15.1 Å². The molecule has 0 radical (unpaired) electrons. The van der Waals surface area contributed by atoms with Crippen LogP contribution in [0.5, 0.6) is 0 Å².